The Bertz CT molecular complexity index is 1330. The number of aromatic nitrogens is 1. The molecule has 37 heavy (non-hydrogen) atoms. The smallest absolute Gasteiger partial charge is 0.409 e. The predicted molar refractivity (Wildman–Crippen MR) is 142 cm³/mol. The van der Waals surface area contributed by atoms with Crippen molar-refractivity contribution in [3.63, 3.8) is 0 Å². The molecule has 1 saturated heterocycles. The fourth-order valence-electron chi connectivity index (χ4n) is 4.31. The first kappa shape index (κ1) is 25.0. The van der Waals surface area contributed by atoms with Gasteiger partial charge in [0.1, 0.15) is 0 Å². The van der Waals surface area contributed by atoms with Gasteiger partial charge in [-0.1, -0.05) is 36.7 Å². The van der Waals surface area contributed by atoms with Gasteiger partial charge < -0.3 is 19.9 Å². The van der Waals surface area contributed by atoms with E-state index < -0.39 is 0 Å². The van der Waals surface area contributed by atoms with E-state index in [0.717, 1.165) is 30.2 Å². The molecule has 9 heteroatoms. The summed E-state index contributed by atoms with van der Waals surface area (Å²) in [4.78, 5) is 45.7. The van der Waals surface area contributed by atoms with Crippen LogP contribution >= 0.6 is 11.6 Å². The van der Waals surface area contributed by atoms with Crippen LogP contribution in [0, 0.1) is 0 Å². The number of hydrogen-bond acceptors (Lipinski definition) is 5. The lowest BCUT2D eigenvalue weighted by atomic mass is 10.1. The van der Waals surface area contributed by atoms with Crippen molar-refractivity contribution in [1.29, 1.82) is 0 Å². The number of amides is 3. The number of piperazine rings is 1. The van der Waals surface area contributed by atoms with Crippen molar-refractivity contribution in [1.82, 2.24) is 20.1 Å². The average Bonchev–Trinajstić information content (AvgIpc) is 3.75. The molecule has 0 spiro atoms. The van der Waals surface area contributed by atoms with Gasteiger partial charge in [0.2, 0.25) is 0 Å². The largest absolute Gasteiger partial charge is 0.449 e. The highest BCUT2D eigenvalue weighted by molar-refractivity contribution is 6.35. The van der Waals surface area contributed by atoms with Crippen LogP contribution in [-0.4, -0.2) is 71.5 Å². The number of nitrogens with one attached hydrogen (secondary N) is 1. The molecule has 5 rings (SSSR count). The number of rotatable bonds is 6. The lowest BCUT2D eigenvalue weighted by molar-refractivity contribution is 0.0560. The van der Waals surface area contributed by atoms with Crippen molar-refractivity contribution >= 4 is 40.4 Å². The van der Waals surface area contributed by atoms with Gasteiger partial charge in [-0.05, 0) is 49.6 Å². The van der Waals surface area contributed by atoms with Gasteiger partial charge in [-0.25, -0.2) is 9.78 Å². The van der Waals surface area contributed by atoms with Crippen molar-refractivity contribution in [3.05, 3.63) is 64.7 Å². The normalized spacial score (nSPS) is 15.5. The fourth-order valence-corrected chi connectivity index (χ4v) is 4.57. The molecule has 0 unspecified atom stereocenters. The molecular formula is C28H29ClN4O4. The summed E-state index contributed by atoms with van der Waals surface area (Å²) in [5.41, 5.74) is 3.23. The molecule has 8 nitrogen and oxygen atoms in total. The van der Waals surface area contributed by atoms with Crippen molar-refractivity contribution < 1.29 is 19.1 Å². The van der Waals surface area contributed by atoms with Crippen molar-refractivity contribution in [3.8, 4) is 11.3 Å². The molecule has 1 aliphatic heterocycles. The quantitative estimate of drug-likeness (QED) is 0.506. The summed E-state index contributed by atoms with van der Waals surface area (Å²) >= 11 is 6.57. The zero-order valence-corrected chi connectivity index (χ0v) is 21.5. The van der Waals surface area contributed by atoms with Gasteiger partial charge in [0.15, 0.2) is 0 Å². The molecule has 0 bridgehead atoms. The molecule has 3 amide bonds. The number of ether oxygens (including phenoxy) is 1. The molecule has 2 aromatic carbocycles. The fraction of sp³-hybridized carbons (Fsp3) is 0.357. The molecule has 1 saturated carbocycles. The summed E-state index contributed by atoms with van der Waals surface area (Å²) in [7, 11) is 0. The Morgan fingerprint density at radius 1 is 0.973 bits per heavy atom. The zero-order chi connectivity index (χ0) is 25.9. The minimum Gasteiger partial charge on any atom is -0.449 e. The lowest BCUT2D eigenvalue weighted by Crippen LogP contribution is -2.50. The van der Waals surface area contributed by atoms with Crippen LogP contribution in [0.25, 0.3) is 22.2 Å². The Morgan fingerprint density at radius 3 is 2.32 bits per heavy atom. The lowest BCUT2D eigenvalue weighted by Gasteiger charge is -2.34. The molecule has 192 valence electrons. The first-order valence-electron chi connectivity index (χ1n) is 12.7. The maximum atomic E-state index is 13.2. The van der Waals surface area contributed by atoms with Crippen molar-refractivity contribution in [2.45, 2.75) is 32.2 Å². The minimum atomic E-state index is -0.331. The Balaban J connectivity index is 1.31. The van der Waals surface area contributed by atoms with Gasteiger partial charge in [0, 0.05) is 54.3 Å². The SMILES string of the molecule is CCCOC(=O)N1CCN(C(=O)c2ccc3c(Cl)cc(-c4ccc(C(=O)NC5CC5)cc4)nc3c2)CC1. The second-order valence-corrected chi connectivity index (χ2v) is 9.85. The van der Waals surface area contributed by atoms with E-state index in [-0.39, 0.29) is 17.9 Å². The van der Waals surface area contributed by atoms with Gasteiger partial charge in [0.05, 0.1) is 22.8 Å². The topological polar surface area (TPSA) is 91.8 Å². The predicted octanol–water partition coefficient (Wildman–Crippen LogP) is 4.75. The number of benzene rings is 2. The second kappa shape index (κ2) is 10.8. The second-order valence-electron chi connectivity index (χ2n) is 9.44. The third kappa shape index (κ3) is 5.69. The van der Waals surface area contributed by atoms with Crippen LogP contribution in [0.3, 0.4) is 0 Å². The van der Waals surface area contributed by atoms with Crippen LogP contribution < -0.4 is 5.32 Å². The molecule has 3 aromatic rings. The molecule has 2 aliphatic rings. The number of carbonyl (C=O) groups excluding carboxylic acids is 3. The van der Waals surface area contributed by atoms with Crippen LogP contribution in [0.15, 0.2) is 48.5 Å². The molecule has 1 N–H and O–H groups in total. The summed E-state index contributed by atoms with van der Waals surface area (Å²) in [6.45, 7) is 4.09. The number of pyridine rings is 1. The third-order valence-corrected chi connectivity index (χ3v) is 6.93. The Labute approximate surface area is 220 Å². The summed E-state index contributed by atoms with van der Waals surface area (Å²) < 4.78 is 5.20. The van der Waals surface area contributed by atoms with Gasteiger partial charge in [-0.2, -0.15) is 0 Å². The first-order valence-corrected chi connectivity index (χ1v) is 13.0. The van der Waals surface area contributed by atoms with E-state index in [0.29, 0.717) is 66.2 Å². The van der Waals surface area contributed by atoms with E-state index >= 15 is 0 Å². The Kier molecular flexibility index (Phi) is 7.28. The van der Waals surface area contributed by atoms with Gasteiger partial charge in [0.25, 0.3) is 11.8 Å². The summed E-state index contributed by atoms with van der Waals surface area (Å²) in [6, 6.07) is 14.7. The van der Waals surface area contributed by atoms with Gasteiger partial charge >= 0.3 is 6.09 Å². The zero-order valence-electron chi connectivity index (χ0n) is 20.7. The number of hydrogen-bond donors (Lipinski definition) is 1. The highest BCUT2D eigenvalue weighted by atomic mass is 35.5. The molecule has 1 aliphatic carbocycles. The minimum absolute atomic E-state index is 0.0691. The standard InChI is InChI=1S/C28H29ClN4O4/c1-2-15-37-28(36)33-13-11-32(12-14-33)27(35)20-7-10-22-23(29)17-24(31-25(22)16-20)18-3-5-19(6-4-18)26(34)30-21-8-9-21/h3-7,10,16-17,21H,2,8-9,11-15H2,1H3,(H,30,34). The number of nitrogens with zero attached hydrogens (tertiary/aromatic N) is 3. The molecular weight excluding hydrogens is 492 g/mol. The van der Waals surface area contributed by atoms with Crippen LogP contribution in [0.5, 0.6) is 0 Å². The number of halogens is 1. The highest BCUT2D eigenvalue weighted by Gasteiger charge is 2.26. The summed E-state index contributed by atoms with van der Waals surface area (Å²) in [5.74, 6) is -0.182. The van der Waals surface area contributed by atoms with Crippen molar-refractivity contribution in [2.24, 2.45) is 0 Å². The third-order valence-electron chi connectivity index (χ3n) is 6.62. The first-order chi connectivity index (χ1) is 17.9. The van der Waals surface area contributed by atoms with Crippen LogP contribution in [0.4, 0.5) is 4.79 Å². The number of fused-ring (bicyclic) bond motifs is 1. The summed E-state index contributed by atoms with van der Waals surface area (Å²) in [5, 5.41) is 4.28. The Hall–Kier alpha value is -3.65. The maximum Gasteiger partial charge on any atom is 0.409 e. The van der Waals surface area contributed by atoms with E-state index in [1.807, 2.05) is 25.1 Å². The van der Waals surface area contributed by atoms with Crippen LogP contribution in [0.2, 0.25) is 5.02 Å². The van der Waals surface area contributed by atoms with Crippen LogP contribution in [-0.2, 0) is 4.74 Å². The maximum absolute atomic E-state index is 13.2. The van der Waals surface area contributed by atoms with Crippen LogP contribution in [0.1, 0.15) is 46.9 Å². The molecule has 1 aromatic heterocycles. The molecule has 2 heterocycles. The van der Waals surface area contributed by atoms with E-state index in [2.05, 4.69) is 5.32 Å². The molecule has 0 radical (unpaired) electrons. The summed E-state index contributed by atoms with van der Waals surface area (Å²) in [6.07, 6.45) is 2.52. The number of carbonyl (C=O) groups is 3. The molecule has 2 fully saturated rings. The van der Waals surface area contributed by atoms with Gasteiger partial charge in [-0.3, -0.25) is 9.59 Å². The Morgan fingerprint density at radius 2 is 1.65 bits per heavy atom. The van der Waals surface area contributed by atoms with E-state index in [9.17, 15) is 14.4 Å². The monoisotopic (exact) mass is 520 g/mol. The van der Waals surface area contributed by atoms with Gasteiger partial charge in [-0.15, -0.1) is 0 Å². The highest BCUT2D eigenvalue weighted by Crippen LogP contribution is 2.29. The van der Waals surface area contributed by atoms with E-state index in [1.54, 1.807) is 40.1 Å². The average molecular weight is 521 g/mol. The molecule has 0 atom stereocenters. The van der Waals surface area contributed by atoms with Crippen molar-refractivity contribution in [2.75, 3.05) is 32.8 Å². The van der Waals surface area contributed by atoms with E-state index in [1.165, 1.54) is 0 Å². The van der Waals surface area contributed by atoms with E-state index in [4.69, 9.17) is 21.3 Å².